The van der Waals surface area contributed by atoms with Crippen LogP contribution in [-0.2, 0) is 0 Å². The van der Waals surface area contributed by atoms with Gasteiger partial charge in [0, 0.05) is 23.1 Å². The molecule has 2 nitrogen and oxygen atoms in total. The molecule has 1 aromatic heterocycles. The zero-order valence-corrected chi connectivity index (χ0v) is 11.2. The van der Waals surface area contributed by atoms with Gasteiger partial charge in [-0.15, -0.1) is 0 Å². The lowest BCUT2D eigenvalue weighted by Crippen LogP contribution is -2.08. The number of nitrogens with two attached hydrogens (primary N) is 1. The molecule has 1 aromatic carbocycles. The van der Waals surface area contributed by atoms with Crippen molar-refractivity contribution in [3.8, 4) is 0 Å². The van der Waals surface area contributed by atoms with Gasteiger partial charge in [0.15, 0.2) is 0 Å². The van der Waals surface area contributed by atoms with Crippen LogP contribution in [0, 0.1) is 6.92 Å². The van der Waals surface area contributed by atoms with Crippen LogP contribution in [0.15, 0.2) is 24.4 Å². The van der Waals surface area contributed by atoms with Gasteiger partial charge in [-0.2, -0.15) is 0 Å². The summed E-state index contributed by atoms with van der Waals surface area (Å²) in [5.74, 6) is 0.417. The molecule has 0 amide bonds. The second-order valence-electron chi connectivity index (χ2n) is 5.24. The molecule has 0 bridgehead atoms. The van der Waals surface area contributed by atoms with E-state index in [1.54, 1.807) is 0 Å². The van der Waals surface area contributed by atoms with Gasteiger partial charge in [0.1, 0.15) is 0 Å². The molecule has 0 aliphatic carbocycles. The van der Waals surface area contributed by atoms with Crippen LogP contribution in [0.4, 0.5) is 0 Å². The molecule has 1 heterocycles. The highest BCUT2D eigenvalue weighted by Crippen LogP contribution is 2.30. The van der Waals surface area contributed by atoms with Crippen molar-refractivity contribution < 1.29 is 0 Å². The predicted molar refractivity (Wildman–Crippen MR) is 74.5 cm³/mol. The van der Waals surface area contributed by atoms with E-state index in [0.29, 0.717) is 18.5 Å². The highest BCUT2D eigenvalue weighted by Gasteiger charge is 2.14. The minimum Gasteiger partial charge on any atom is -0.345 e. The minimum absolute atomic E-state index is 0.417. The largest absolute Gasteiger partial charge is 0.345 e. The van der Waals surface area contributed by atoms with E-state index < -0.39 is 0 Å². The van der Waals surface area contributed by atoms with Crippen LogP contribution >= 0.6 is 0 Å². The Hall–Kier alpha value is -1.28. The maximum absolute atomic E-state index is 5.80. The van der Waals surface area contributed by atoms with Crippen LogP contribution in [0.1, 0.15) is 43.9 Å². The third-order valence-corrected chi connectivity index (χ3v) is 3.46. The summed E-state index contributed by atoms with van der Waals surface area (Å²) in [5.41, 5.74) is 9.81. The van der Waals surface area contributed by atoms with Gasteiger partial charge in [0.2, 0.25) is 0 Å². The SMILES string of the molecule is Cc1ccc2c(C(C)CN)cn(C(C)C)c2c1. The molecule has 1 unspecified atom stereocenters. The molecule has 0 radical (unpaired) electrons. The van der Waals surface area contributed by atoms with Crippen LogP contribution in [-0.4, -0.2) is 11.1 Å². The summed E-state index contributed by atoms with van der Waals surface area (Å²) in [5, 5.41) is 1.35. The van der Waals surface area contributed by atoms with Crippen molar-refractivity contribution in [1.82, 2.24) is 4.57 Å². The van der Waals surface area contributed by atoms with Crippen molar-refractivity contribution >= 4 is 10.9 Å². The Morgan fingerprint density at radius 3 is 2.53 bits per heavy atom. The smallest absolute Gasteiger partial charge is 0.0488 e. The van der Waals surface area contributed by atoms with Crippen LogP contribution in [0.5, 0.6) is 0 Å². The molecule has 0 aliphatic rings. The first-order valence-electron chi connectivity index (χ1n) is 6.35. The summed E-state index contributed by atoms with van der Waals surface area (Å²) in [4.78, 5) is 0. The molecule has 0 saturated carbocycles. The Morgan fingerprint density at radius 1 is 1.24 bits per heavy atom. The maximum atomic E-state index is 5.80. The first-order chi connectivity index (χ1) is 8.04. The van der Waals surface area contributed by atoms with Gasteiger partial charge in [-0.25, -0.2) is 0 Å². The highest BCUT2D eigenvalue weighted by atomic mass is 15.0. The second-order valence-corrected chi connectivity index (χ2v) is 5.24. The zero-order valence-electron chi connectivity index (χ0n) is 11.2. The van der Waals surface area contributed by atoms with E-state index in [1.807, 2.05) is 0 Å². The summed E-state index contributed by atoms with van der Waals surface area (Å²) < 4.78 is 2.35. The van der Waals surface area contributed by atoms with E-state index in [2.05, 4.69) is 56.7 Å². The van der Waals surface area contributed by atoms with Crippen LogP contribution in [0.3, 0.4) is 0 Å². The van der Waals surface area contributed by atoms with Crippen molar-refractivity contribution in [3.05, 3.63) is 35.5 Å². The Bertz CT molecular complexity index is 523. The van der Waals surface area contributed by atoms with Gasteiger partial charge in [-0.1, -0.05) is 19.1 Å². The van der Waals surface area contributed by atoms with E-state index in [9.17, 15) is 0 Å². The number of aromatic nitrogens is 1. The molecule has 0 aliphatic heterocycles. The number of aryl methyl sites for hydroxylation is 1. The fraction of sp³-hybridized carbons (Fsp3) is 0.467. The standard InChI is InChI=1S/C15H22N2/c1-10(2)17-9-14(12(4)8-16)13-6-5-11(3)7-15(13)17/h5-7,9-10,12H,8,16H2,1-4H3. The van der Waals surface area contributed by atoms with Crippen LogP contribution < -0.4 is 5.73 Å². The number of fused-ring (bicyclic) bond motifs is 1. The highest BCUT2D eigenvalue weighted by molar-refractivity contribution is 5.85. The summed E-state index contributed by atoms with van der Waals surface area (Å²) >= 11 is 0. The van der Waals surface area contributed by atoms with Gasteiger partial charge in [0.25, 0.3) is 0 Å². The summed E-state index contributed by atoms with van der Waals surface area (Å²) in [7, 11) is 0. The Balaban J connectivity index is 2.70. The number of nitrogens with zero attached hydrogens (tertiary/aromatic N) is 1. The lowest BCUT2D eigenvalue weighted by molar-refractivity contribution is 0.618. The average Bonchev–Trinajstić information content (AvgIpc) is 2.66. The summed E-state index contributed by atoms with van der Waals surface area (Å²) in [6.45, 7) is 9.48. The average molecular weight is 230 g/mol. The molecule has 2 heteroatoms. The van der Waals surface area contributed by atoms with Gasteiger partial charge >= 0.3 is 0 Å². The van der Waals surface area contributed by atoms with E-state index in [4.69, 9.17) is 5.73 Å². The van der Waals surface area contributed by atoms with Crippen molar-refractivity contribution in [2.75, 3.05) is 6.54 Å². The Kier molecular flexibility index (Phi) is 3.25. The Morgan fingerprint density at radius 2 is 1.94 bits per heavy atom. The predicted octanol–water partition coefficient (Wildman–Crippen LogP) is 3.59. The lowest BCUT2D eigenvalue weighted by Gasteiger charge is -2.09. The third-order valence-electron chi connectivity index (χ3n) is 3.46. The van der Waals surface area contributed by atoms with Gasteiger partial charge in [0.05, 0.1) is 0 Å². The molecule has 2 N–H and O–H groups in total. The van der Waals surface area contributed by atoms with Gasteiger partial charge < -0.3 is 10.3 Å². The van der Waals surface area contributed by atoms with Crippen molar-refractivity contribution in [2.45, 2.75) is 39.7 Å². The number of rotatable bonds is 3. The minimum atomic E-state index is 0.417. The second kappa shape index (κ2) is 4.53. The van der Waals surface area contributed by atoms with E-state index in [1.165, 1.54) is 22.0 Å². The molecule has 0 spiro atoms. The lowest BCUT2D eigenvalue weighted by atomic mass is 10.0. The monoisotopic (exact) mass is 230 g/mol. The molecule has 2 rings (SSSR count). The molecular formula is C15H22N2. The van der Waals surface area contributed by atoms with E-state index in [0.717, 1.165) is 0 Å². The topological polar surface area (TPSA) is 30.9 Å². The van der Waals surface area contributed by atoms with Crippen LogP contribution in [0.2, 0.25) is 0 Å². The van der Waals surface area contributed by atoms with Gasteiger partial charge in [-0.05, 0) is 50.4 Å². The third kappa shape index (κ3) is 2.09. The number of benzene rings is 1. The molecule has 17 heavy (non-hydrogen) atoms. The molecule has 0 saturated heterocycles. The molecule has 2 aromatic rings. The van der Waals surface area contributed by atoms with Crippen molar-refractivity contribution in [2.24, 2.45) is 5.73 Å². The fourth-order valence-corrected chi connectivity index (χ4v) is 2.34. The normalized spacial score (nSPS) is 13.5. The van der Waals surface area contributed by atoms with Gasteiger partial charge in [-0.3, -0.25) is 0 Å². The summed E-state index contributed by atoms with van der Waals surface area (Å²) in [6.07, 6.45) is 2.27. The van der Waals surface area contributed by atoms with E-state index in [-0.39, 0.29) is 0 Å². The molecule has 0 fully saturated rings. The first kappa shape index (κ1) is 12.2. The van der Waals surface area contributed by atoms with E-state index >= 15 is 0 Å². The first-order valence-corrected chi connectivity index (χ1v) is 6.35. The molecule has 92 valence electrons. The number of hydrogen-bond donors (Lipinski definition) is 1. The fourth-order valence-electron chi connectivity index (χ4n) is 2.34. The molecular weight excluding hydrogens is 208 g/mol. The molecule has 1 atom stereocenters. The number of hydrogen-bond acceptors (Lipinski definition) is 1. The quantitative estimate of drug-likeness (QED) is 0.858. The Labute approximate surface area is 103 Å². The summed E-state index contributed by atoms with van der Waals surface area (Å²) in [6, 6.07) is 7.16. The van der Waals surface area contributed by atoms with Crippen LogP contribution in [0.25, 0.3) is 10.9 Å². The van der Waals surface area contributed by atoms with Crippen molar-refractivity contribution in [3.63, 3.8) is 0 Å². The van der Waals surface area contributed by atoms with Crippen molar-refractivity contribution in [1.29, 1.82) is 0 Å². The maximum Gasteiger partial charge on any atom is 0.0488 e. The zero-order chi connectivity index (χ0) is 12.6.